The van der Waals surface area contributed by atoms with Crippen molar-refractivity contribution in [2.24, 2.45) is 7.05 Å². The summed E-state index contributed by atoms with van der Waals surface area (Å²) in [6, 6.07) is 12.1. The van der Waals surface area contributed by atoms with Gasteiger partial charge in [0.2, 0.25) is 0 Å². The molecule has 0 saturated carbocycles. The summed E-state index contributed by atoms with van der Waals surface area (Å²) in [4.78, 5) is 23.3. The number of hydrogen-bond acceptors (Lipinski definition) is 4. The topological polar surface area (TPSA) is 63.9 Å². The van der Waals surface area contributed by atoms with Gasteiger partial charge in [-0.3, -0.25) is 19.4 Å². The van der Waals surface area contributed by atoms with Gasteiger partial charge < -0.3 is 4.90 Å². The van der Waals surface area contributed by atoms with Crippen LogP contribution >= 0.6 is 0 Å². The van der Waals surface area contributed by atoms with Crippen LogP contribution in [0.4, 0.5) is 8.78 Å². The number of aryl methyl sites for hydroxylation is 1. The van der Waals surface area contributed by atoms with Gasteiger partial charge in [-0.2, -0.15) is 5.10 Å². The van der Waals surface area contributed by atoms with Crippen molar-refractivity contribution in [2.75, 3.05) is 6.54 Å². The minimum atomic E-state index is -2.60. The molecule has 1 amide bonds. The van der Waals surface area contributed by atoms with Crippen LogP contribution in [0.1, 0.15) is 46.7 Å². The van der Waals surface area contributed by atoms with Crippen molar-refractivity contribution in [2.45, 2.75) is 25.8 Å². The maximum atomic E-state index is 13.3. The molecule has 4 heterocycles. The lowest BCUT2D eigenvalue weighted by Crippen LogP contribution is -2.38. The van der Waals surface area contributed by atoms with Crippen molar-refractivity contribution in [3.05, 3.63) is 77.4 Å². The summed E-state index contributed by atoms with van der Waals surface area (Å²) in [7, 11) is 1.82. The first-order valence-electron chi connectivity index (χ1n) is 10.4. The van der Waals surface area contributed by atoms with Gasteiger partial charge in [-0.15, -0.1) is 0 Å². The van der Waals surface area contributed by atoms with Gasteiger partial charge >= 0.3 is 0 Å². The summed E-state index contributed by atoms with van der Waals surface area (Å²) < 4.78 is 27.5. The van der Waals surface area contributed by atoms with E-state index in [2.05, 4.69) is 15.1 Å². The Morgan fingerprint density at radius 3 is 2.75 bits per heavy atom. The van der Waals surface area contributed by atoms with E-state index in [0.717, 1.165) is 33.4 Å². The molecule has 3 aromatic heterocycles. The molecule has 0 radical (unpaired) electrons. The van der Waals surface area contributed by atoms with Crippen LogP contribution in [0.2, 0.25) is 0 Å². The van der Waals surface area contributed by atoms with Crippen LogP contribution < -0.4 is 0 Å². The van der Waals surface area contributed by atoms with Crippen LogP contribution in [0.15, 0.2) is 54.9 Å². The number of carbonyl (C=O) groups is 1. The summed E-state index contributed by atoms with van der Waals surface area (Å²) >= 11 is 0. The molecular formula is C24H21F2N5O. The third-order valence-electron chi connectivity index (χ3n) is 6.04. The first-order valence-corrected chi connectivity index (χ1v) is 10.4. The predicted molar refractivity (Wildman–Crippen MR) is 116 cm³/mol. The minimum Gasteiger partial charge on any atom is -0.330 e. The van der Waals surface area contributed by atoms with Gasteiger partial charge in [0.25, 0.3) is 12.3 Å². The van der Waals surface area contributed by atoms with E-state index in [1.807, 2.05) is 43.1 Å². The van der Waals surface area contributed by atoms with Crippen LogP contribution in [0, 0.1) is 0 Å². The number of fused-ring (bicyclic) bond motifs is 2. The third kappa shape index (κ3) is 3.32. The van der Waals surface area contributed by atoms with E-state index in [4.69, 9.17) is 0 Å². The van der Waals surface area contributed by atoms with Crippen molar-refractivity contribution < 1.29 is 13.6 Å². The summed E-state index contributed by atoms with van der Waals surface area (Å²) in [6.07, 6.45) is 1.22. The number of nitrogens with zero attached hydrogens (tertiary/aromatic N) is 5. The molecule has 0 spiro atoms. The lowest BCUT2D eigenvalue weighted by molar-refractivity contribution is 0.0674. The van der Waals surface area contributed by atoms with Crippen molar-refractivity contribution >= 4 is 16.8 Å². The molecule has 0 fully saturated rings. The van der Waals surface area contributed by atoms with Crippen molar-refractivity contribution in [1.82, 2.24) is 24.6 Å². The lowest BCUT2D eigenvalue weighted by atomic mass is 9.95. The molecule has 0 aliphatic carbocycles. The second kappa shape index (κ2) is 7.78. The first kappa shape index (κ1) is 20.2. The van der Waals surface area contributed by atoms with E-state index in [1.54, 1.807) is 23.0 Å². The number of rotatable bonds is 3. The van der Waals surface area contributed by atoms with Crippen LogP contribution in [0.5, 0.6) is 0 Å². The van der Waals surface area contributed by atoms with E-state index in [1.165, 1.54) is 12.3 Å². The van der Waals surface area contributed by atoms with E-state index in [0.29, 0.717) is 18.5 Å². The van der Waals surface area contributed by atoms with E-state index >= 15 is 0 Å². The minimum absolute atomic E-state index is 0.0518. The van der Waals surface area contributed by atoms with E-state index in [-0.39, 0.29) is 17.6 Å². The summed E-state index contributed by atoms with van der Waals surface area (Å²) in [5, 5.41) is 5.60. The molecular weight excluding hydrogens is 412 g/mol. The molecule has 0 N–H and O–H groups in total. The lowest BCUT2D eigenvalue weighted by Gasteiger charge is -2.33. The average Bonchev–Trinajstić information content (AvgIpc) is 3.15. The van der Waals surface area contributed by atoms with E-state index < -0.39 is 6.43 Å². The van der Waals surface area contributed by atoms with Crippen LogP contribution in [-0.2, 0) is 13.5 Å². The highest BCUT2D eigenvalue weighted by molar-refractivity contribution is 5.98. The highest BCUT2D eigenvalue weighted by Gasteiger charge is 2.33. The first-order chi connectivity index (χ1) is 15.4. The monoisotopic (exact) mass is 433 g/mol. The Kier molecular flexibility index (Phi) is 4.92. The Bertz CT molecular complexity index is 1320. The zero-order valence-electron chi connectivity index (χ0n) is 17.7. The number of alkyl halides is 2. The second-order valence-electron chi connectivity index (χ2n) is 7.94. The molecule has 4 aromatic rings. The fourth-order valence-corrected chi connectivity index (χ4v) is 4.43. The standard InChI is InChI=1S/C24H21F2N5O/c1-14-21-18(22(30(2)29-21)17-6-8-20(23(25)26)28-13-17)9-11-31(14)24(32)16-5-7-19-15(12-16)4-3-10-27-19/h3-8,10,12-14,23H,9,11H2,1-2H3/t14-/m0/s1. The molecule has 1 aliphatic heterocycles. The van der Waals surface area contributed by atoms with E-state index in [9.17, 15) is 13.6 Å². The molecule has 0 bridgehead atoms. The number of aromatic nitrogens is 4. The van der Waals surface area contributed by atoms with Gasteiger partial charge in [-0.1, -0.05) is 6.07 Å². The van der Waals surface area contributed by atoms with Crippen LogP contribution in [0.3, 0.4) is 0 Å². The maximum Gasteiger partial charge on any atom is 0.280 e. The SMILES string of the molecule is C[C@H]1c2nn(C)c(-c3ccc(C(F)F)nc3)c2CCN1C(=O)c1ccc2ncccc2c1. The molecule has 0 saturated heterocycles. The van der Waals surface area contributed by atoms with Gasteiger partial charge in [-0.05, 0) is 49.7 Å². The Labute approximate surface area is 183 Å². The quantitative estimate of drug-likeness (QED) is 0.469. The highest BCUT2D eigenvalue weighted by Crippen LogP contribution is 2.36. The van der Waals surface area contributed by atoms with Gasteiger partial charge in [0.1, 0.15) is 5.69 Å². The van der Waals surface area contributed by atoms with Crippen LogP contribution in [0.25, 0.3) is 22.2 Å². The zero-order valence-corrected chi connectivity index (χ0v) is 17.7. The molecule has 1 atom stereocenters. The average molecular weight is 433 g/mol. The predicted octanol–water partition coefficient (Wildman–Crippen LogP) is 4.73. The number of pyridine rings is 2. The molecule has 162 valence electrons. The Balaban J connectivity index is 1.46. The summed E-state index contributed by atoms with van der Waals surface area (Å²) in [6.45, 7) is 2.51. The maximum absolute atomic E-state index is 13.3. The third-order valence-corrected chi connectivity index (χ3v) is 6.04. The van der Waals surface area contributed by atoms with Gasteiger partial charge in [-0.25, -0.2) is 8.78 Å². The van der Waals surface area contributed by atoms with Gasteiger partial charge in [0.15, 0.2) is 0 Å². The van der Waals surface area contributed by atoms with Crippen molar-refractivity contribution in [3.63, 3.8) is 0 Å². The molecule has 8 heteroatoms. The number of hydrogen-bond donors (Lipinski definition) is 0. The summed E-state index contributed by atoms with van der Waals surface area (Å²) in [5.74, 6) is -0.0518. The zero-order chi connectivity index (χ0) is 22.4. The number of benzene rings is 1. The normalized spacial score (nSPS) is 15.9. The highest BCUT2D eigenvalue weighted by atomic mass is 19.3. The van der Waals surface area contributed by atoms with Crippen molar-refractivity contribution in [3.8, 4) is 11.3 Å². The summed E-state index contributed by atoms with van der Waals surface area (Å²) in [5.41, 5.74) is 4.65. The number of halogens is 2. The molecule has 6 nitrogen and oxygen atoms in total. The molecule has 1 aromatic carbocycles. The fourth-order valence-electron chi connectivity index (χ4n) is 4.43. The molecule has 0 unspecified atom stereocenters. The largest absolute Gasteiger partial charge is 0.330 e. The van der Waals surface area contributed by atoms with Crippen molar-refractivity contribution in [1.29, 1.82) is 0 Å². The Morgan fingerprint density at radius 1 is 1.16 bits per heavy atom. The smallest absolute Gasteiger partial charge is 0.280 e. The fraction of sp³-hybridized carbons (Fsp3) is 0.250. The Morgan fingerprint density at radius 2 is 2.00 bits per heavy atom. The second-order valence-corrected chi connectivity index (χ2v) is 7.94. The molecule has 5 rings (SSSR count). The Hall–Kier alpha value is -3.68. The molecule has 1 aliphatic rings. The van der Waals surface area contributed by atoms with Gasteiger partial charge in [0, 0.05) is 48.1 Å². The van der Waals surface area contributed by atoms with Gasteiger partial charge in [0.05, 0.1) is 22.9 Å². The number of carbonyl (C=O) groups excluding carboxylic acids is 1. The molecule has 32 heavy (non-hydrogen) atoms. The van der Waals surface area contributed by atoms with Crippen LogP contribution in [-0.4, -0.2) is 37.1 Å². The number of amides is 1.